The highest BCUT2D eigenvalue weighted by atomic mass is 15.4. The van der Waals surface area contributed by atoms with Gasteiger partial charge in [0.25, 0.3) is 0 Å². The molecule has 3 aromatic rings. The van der Waals surface area contributed by atoms with Gasteiger partial charge in [-0.3, -0.25) is 20.8 Å². The Labute approximate surface area is 181 Å². The average molecular weight is 416 g/mol. The molecule has 158 valence electrons. The second-order valence-corrected chi connectivity index (χ2v) is 7.22. The molecule has 1 aliphatic rings. The van der Waals surface area contributed by atoms with E-state index in [0.29, 0.717) is 17.6 Å². The Hall–Kier alpha value is -3.88. The Bertz CT molecular complexity index is 983. The maximum absolute atomic E-state index is 4.65. The topological polar surface area (TPSA) is 104 Å². The van der Waals surface area contributed by atoms with E-state index in [1.54, 1.807) is 30.9 Å². The number of hydrazone groups is 2. The van der Waals surface area contributed by atoms with E-state index in [1.807, 2.05) is 38.1 Å². The van der Waals surface area contributed by atoms with Crippen molar-refractivity contribution in [3.63, 3.8) is 0 Å². The fourth-order valence-corrected chi connectivity index (χ4v) is 3.21. The summed E-state index contributed by atoms with van der Waals surface area (Å²) in [5, 5.41) is 8.95. The van der Waals surface area contributed by atoms with Crippen molar-refractivity contribution in [3.8, 4) is 0 Å². The Morgan fingerprint density at radius 1 is 0.774 bits per heavy atom. The molecule has 4 rings (SSSR count). The smallest absolute Gasteiger partial charge is 0.229 e. The molecule has 1 fully saturated rings. The van der Waals surface area contributed by atoms with E-state index in [1.165, 1.54) is 0 Å². The van der Waals surface area contributed by atoms with Crippen LogP contribution in [0, 0.1) is 0 Å². The third-order valence-electron chi connectivity index (χ3n) is 4.98. The van der Waals surface area contributed by atoms with Crippen LogP contribution in [0.4, 0.5) is 17.6 Å². The molecule has 0 aliphatic carbocycles. The molecular weight excluding hydrogens is 390 g/mol. The van der Waals surface area contributed by atoms with E-state index in [-0.39, 0.29) is 0 Å². The molecule has 0 radical (unpaired) electrons. The van der Waals surface area contributed by atoms with Gasteiger partial charge in [0.1, 0.15) is 0 Å². The van der Waals surface area contributed by atoms with Crippen molar-refractivity contribution >= 4 is 29.0 Å². The van der Waals surface area contributed by atoms with Crippen LogP contribution in [-0.4, -0.2) is 44.4 Å². The molecule has 0 amide bonds. The molecule has 0 spiro atoms. The van der Waals surface area contributed by atoms with Crippen LogP contribution in [-0.2, 0) is 0 Å². The predicted octanol–water partition coefficient (Wildman–Crippen LogP) is 3.54. The molecule has 1 saturated heterocycles. The number of pyridine rings is 2. The molecule has 0 atom stereocenters. The molecule has 0 bridgehead atoms. The Morgan fingerprint density at radius 3 is 1.68 bits per heavy atom. The maximum atomic E-state index is 4.65. The summed E-state index contributed by atoms with van der Waals surface area (Å²) < 4.78 is 0. The van der Waals surface area contributed by atoms with Gasteiger partial charge in [0.05, 0.1) is 11.4 Å². The van der Waals surface area contributed by atoms with Crippen LogP contribution in [0.15, 0.2) is 65.3 Å². The second-order valence-electron chi connectivity index (χ2n) is 7.22. The quantitative estimate of drug-likeness (QED) is 0.449. The van der Waals surface area contributed by atoms with Crippen LogP contribution in [0.25, 0.3) is 0 Å². The first-order valence-electron chi connectivity index (χ1n) is 10.2. The summed E-state index contributed by atoms with van der Waals surface area (Å²) in [6.45, 7) is 5.77. The van der Waals surface area contributed by atoms with Crippen molar-refractivity contribution in [1.82, 2.24) is 19.9 Å². The maximum Gasteiger partial charge on any atom is 0.229 e. The summed E-state index contributed by atoms with van der Waals surface area (Å²) in [7, 11) is 0. The number of anilines is 3. The number of aromatic nitrogens is 4. The molecule has 1 aliphatic heterocycles. The molecular formula is C22H25N9. The summed E-state index contributed by atoms with van der Waals surface area (Å²) in [5.41, 5.74) is 9.78. The van der Waals surface area contributed by atoms with Gasteiger partial charge >= 0.3 is 0 Å². The number of rotatable bonds is 7. The van der Waals surface area contributed by atoms with E-state index in [9.17, 15) is 0 Å². The first-order chi connectivity index (χ1) is 15.2. The van der Waals surface area contributed by atoms with Gasteiger partial charge < -0.3 is 4.90 Å². The standard InChI is InChI=1S/C22H25N9/c1-16(18-5-9-23-10-6-18)27-29-20-15-21(26-22(25-20)31-13-3-4-14-31)30-28-17(2)19-7-11-24-12-8-19/h5-12,15H,3-4,13-14H2,1-2H3,(H2,25,26,29,30). The molecule has 2 N–H and O–H groups in total. The normalized spacial score (nSPS) is 14.6. The van der Waals surface area contributed by atoms with Gasteiger partial charge in [0.15, 0.2) is 11.6 Å². The van der Waals surface area contributed by atoms with Gasteiger partial charge in [-0.15, -0.1) is 0 Å². The van der Waals surface area contributed by atoms with Crippen LogP contribution in [0.5, 0.6) is 0 Å². The summed E-state index contributed by atoms with van der Waals surface area (Å²) in [6, 6.07) is 9.46. The van der Waals surface area contributed by atoms with E-state index in [2.05, 4.69) is 45.9 Å². The minimum absolute atomic E-state index is 0.601. The average Bonchev–Trinajstić information content (AvgIpc) is 3.37. The highest BCUT2D eigenvalue weighted by molar-refractivity contribution is 5.99. The minimum atomic E-state index is 0.601. The molecule has 31 heavy (non-hydrogen) atoms. The van der Waals surface area contributed by atoms with Gasteiger partial charge in [0, 0.05) is 55.1 Å². The van der Waals surface area contributed by atoms with Gasteiger partial charge in [-0.05, 0) is 51.0 Å². The first-order valence-corrected chi connectivity index (χ1v) is 10.2. The summed E-state index contributed by atoms with van der Waals surface area (Å²) in [5.74, 6) is 1.87. The lowest BCUT2D eigenvalue weighted by Crippen LogP contribution is -2.21. The predicted molar refractivity (Wildman–Crippen MR) is 124 cm³/mol. The Balaban J connectivity index is 1.57. The first kappa shape index (κ1) is 20.4. The van der Waals surface area contributed by atoms with E-state index in [0.717, 1.165) is 48.5 Å². The fourth-order valence-electron chi connectivity index (χ4n) is 3.21. The largest absolute Gasteiger partial charge is 0.341 e. The van der Waals surface area contributed by atoms with Crippen LogP contribution in [0.3, 0.4) is 0 Å². The molecule has 9 heteroatoms. The molecule has 4 heterocycles. The van der Waals surface area contributed by atoms with Crippen molar-refractivity contribution < 1.29 is 0 Å². The third-order valence-corrected chi connectivity index (χ3v) is 4.98. The Morgan fingerprint density at radius 2 is 1.23 bits per heavy atom. The molecule has 9 nitrogen and oxygen atoms in total. The number of hydrogen-bond acceptors (Lipinski definition) is 9. The van der Waals surface area contributed by atoms with Crippen LogP contribution < -0.4 is 15.8 Å². The minimum Gasteiger partial charge on any atom is -0.341 e. The molecule has 3 aromatic heterocycles. The number of nitrogens with zero attached hydrogens (tertiary/aromatic N) is 7. The van der Waals surface area contributed by atoms with E-state index >= 15 is 0 Å². The summed E-state index contributed by atoms with van der Waals surface area (Å²) in [6.07, 6.45) is 9.27. The van der Waals surface area contributed by atoms with Crippen molar-refractivity contribution in [3.05, 3.63) is 66.2 Å². The zero-order valence-electron chi connectivity index (χ0n) is 17.7. The zero-order valence-corrected chi connectivity index (χ0v) is 17.7. The number of nitrogens with one attached hydrogen (secondary N) is 2. The summed E-state index contributed by atoms with van der Waals surface area (Å²) in [4.78, 5) is 19.6. The summed E-state index contributed by atoms with van der Waals surface area (Å²) >= 11 is 0. The monoisotopic (exact) mass is 415 g/mol. The lowest BCUT2D eigenvalue weighted by Gasteiger charge is -2.17. The lowest BCUT2D eigenvalue weighted by atomic mass is 10.2. The highest BCUT2D eigenvalue weighted by Gasteiger charge is 2.16. The zero-order chi connectivity index (χ0) is 21.5. The third kappa shape index (κ3) is 5.39. The van der Waals surface area contributed by atoms with Crippen LogP contribution >= 0.6 is 0 Å². The highest BCUT2D eigenvalue weighted by Crippen LogP contribution is 2.21. The van der Waals surface area contributed by atoms with Crippen LogP contribution in [0.1, 0.15) is 37.8 Å². The Kier molecular flexibility index (Phi) is 6.41. The van der Waals surface area contributed by atoms with Gasteiger partial charge in [0.2, 0.25) is 5.95 Å². The van der Waals surface area contributed by atoms with E-state index < -0.39 is 0 Å². The van der Waals surface area contributed by atoms with Crippen molar-refractivity contribution in [2.24, 2.45) is 10.2 Å². The molecule has 0 aromatic carbocycles. The number of hydrogen-bond donors (Lipinski definition) is 2. The van der Waals surface area contributed by atoms with Crippen molar-refractivity contribution in [2.75, 3.05) is 28.8 Å². The fraction of sp³-hybridized carbons (Fsp3) is 0.273. The second kappa shape index (κ2) is 9.75. The van der Waals surface area contributed by atoms with Gasteiger partial charge in [-0.1, -0.05) is 0 Å². The SMILES string of the molecule is CC(=NNc1cc(NN=C(C)c2ccncc2)nc(N2CCCC2)n1)c1ccncc1. The molecule has 0 unspecified atom stereocenters. The van der Waals surface area contributed by atoms with E-state index in [4.69, 9.17) is 0 Å². The van der Waals surface area contributed by atoms with Crippen LogP contribution in [0.2, 0.25) is 0 Å². The lowest BCUT2D eigenvalue weighted by molar-refractivity contribution is 0.898. The molecule has 0 saturated carbocycles. The van der Waals surface area contributed by atoms with Crippen molar-refractivity contribution in [1.29, 1.82) is 0 Å². The van der Waals surface area contributed by atoms with Gasteiger partial charge in [-0.2, -0.15) is 20.2 Å². The van der Waals surface area contributed by atoms with Crippen molar-refractivity contribution in [2.45, 2.75) is 26.7 Å². The van der Waals surface area contributed by atoms with Gasteiger partial charge in [-0.25, -0.2) is 0 Å².